The second kappa shape index (κ2) is 6.78. The largest absolute Gasteiger partial charge is 0.465 e. The third kappa shape index (κ3) is 3.86. The Bertz CT molecular complexity index is 639. The highest BCUT2D eigenvalue weighted by Crippen LogP contribution is 2.24. The molecule has 0 spiro atoms. The van der Waals surface area contributed by atoms with Crippen molar-refractivity contribution in [2.45, 2.75) is 17.6 Å². The summed E-state index contributed by atoms with van der Waals surface area (Å²) in [6.07, 6.45) is 0. The van der Waals surface area contributed by atoms with Crippen molar-refractivity contribution in [3.63, 3.8) is 0 Å². The summed E-state index contributed by atoms with van der Waals surface area (Å²) in [5, 5.41) is 0.693. The normalized spacial score (nSPS) is 10.4. The van der Waals surface area contributed by atoms with Crippen molar-refractivity contribution in [3.05, 3.63) is 46.4 Å². The maximum absolute atomic E-state index is 11.6. The van der Waals surface area contributed by atoms with Crippen LogP contribution in [0.3, 0.4) is 0 Å². The van der Waals surface area contributed by atoms with Crippen molar-refractivity contribution in [2.24, 2.45) is 0 Å². The lowest BCUT2D eigenvalue weighted by molar-refractivity contribution is 0.0600. The zero-order chi connectivity index (χ0) is 15.4. The Hall–Kier alpha value is -1.79. The van der Waals surface area contributed by atoms with Gasteiger partial charge in [0.15, 0.2) is 0 Å². The molecule has 0 bridgehead atoms. The zero-order valence-electron chi connectivity index (χ0n) is 11.6. The van der Waals surface area contributed by atoms with Gasteiger partial charge in [0.1, 0.15) is 17.2 Å². The molecule has 0 amide bonds. The van der Waals surface area contributed by atoms with E-state index in [4.69, 9.17) is 17.3 Å². The molecule has 0 saturated heterocycles. The number of carbonyl (C=O) groups excluding carboxylic acids is 1. The number of nitrogens with two attached hydrogens (primary N) is 1. The van der Waals surface area contributed by atoms with Crippen LogP contribution >= 0.6 is 23.4 Å². The summed E-state index contributed by atoms with van der Waals surface area (Å²) in [6, 6.07) is 7.49. The van der Waals surface area contributed by atoms with Gasteiger partial charge in [-0.3, -0.25) is 0 Å². The molecule has 2 aromatic rings. The van der Waals surface area contributed by atoms with Crippen molar-refractivity contribution in [3.8, 4) is 0 Å². The van der Waals surface area contributed by atoms with Crippen LogP contribution in [0, 0.1) is 6.92 Å². The Labute approximate surface area is 131 Å². The van der Waals surface area contributed by atoms with Crippen molar-refractivity contribution < 1.29 is 9.53 Å². The molecule has 0 aliphatic rings. The fourth-order valence-electron chi connectivity index (χ4n) is 1.75. The highest BCUT2D eigenvalue weighted by Gasteiger charge is 2.17. The molecule has 5 nitrogen and oxygen atoms in total. The lowest BCUT2D eigenvalue weighted by Gasteiger charge is -2.08. The van der Waals surface area contributed by atoms with Crippen LogP contribution in [-0.2, 0) is 10.5 Å². The molecule has 110 valence electrons. The molecular weight excluding hydrogens is 310 g/mol. The highest BCUT2D eigenvalue weighted by molar-refractivity contribution is 7.98. The third-order valence-corrected chi connectivity index (χ3v) is 4.00. The van der Waals surface area contributed by atoms with Gasteiger partial charge in [0.05, 0.1) is 18.6 Å². The van der Waals surface area contributed by atoms with Gasteiger partial charge in [0.2, 0.25) is 0 Å². The number of rotatable bonds is 4. The summed E-state index contributed by atoms with van der Waals surface area (Å²) >= 11 is 7.40. The minimum atomic E-state index is -0.526. The maximum atomic E-state index is 11.6. The molecule has 2 rings (SSSR count). The predicted molar refractivity (Wildman–Crippen MR) is 83.5 cm³/mol. The van der Waals surface area contributed by atoms with Crippen molar-refractivity contribution in [1.82, 2.24) is 9.97 Å². The van der Waals surface area contributed by atoms with Crippen molar-refractivity contribution in [2.75, 3.05) is 12.8 Å². The van der Waals surface area contributed by atoms with Gasteiger partial charge in [-0.1, -0.05) is 11.6 Å². The van der Waals surface area contributed by atoms with Crippen LogP contribution in [-0.4, -0.2) is 23.0 Å². The molecule has 2 N–H and O–H groups in total. The minimum Gasteiger partial charge on any atom is -0.465 e. The molecule has 0 saturated carbocycles. The van der Waals surface area contributed by atoms with Crippen molar-refractivity contribution in [1.29, 1.82) is 0 Å². The van der Waals surface area contributed by atoms with Crippen LogP contribution in [0.1, 0.15) is 21.9 Å². The van der Waals surface area contributed by atoms with Gasteiger partial charge >= 0.3 is 5.97 Å². The molecule has 0 atom stereocenters. The van der Waals surface area contributed by atoms with E-state index in [2.05, 4.69) is 14.7 Å². The van der Waals surface area contributed by atoms with E-state index < -0.39 is 5.97 Å². The van der Waals surface area contributed by atoms with Crippen LogP contribution in [0.5, 0.6) is 0 Å². The fourth-order valence-corrected chi connectivity index (χ4v) is 2.63. The second-order valence-electron chi connectivity index (χ2n) is 4.22. The summed E-state index contributed by atoms with van der Waals surface area (Å²) in [5.74, 6) is 0.731. The molecule has 7 heteroatoms. The quantitative estimate of drug-likeness (QED) is 0.688. The topological polar surface area (TPSA) is 78.1 Å². The first-order valence-corrected chi connectivity index (χ1v) is 7.47. The van der Waals surface area contributed by atoms with E-state index in [1.807, 2.05) is 24.3 Å². The average Bonchev–Trinajstić information content (AvgIpc) is 2.45. The minimum absolute atomic E-state index is 0.140. The maximum Gasteiger partial charge on any atom is 0.343 e. The molecule has 1 heterocycles. The average molecular weight is 324 g/mol. The smallest absolute Gasteiger partial charge is 0.343 e. The van der Waals surface area contributed by atoms with E-state index >= 15 is 0 Å². The Morgan fingerprint density at radius 2 is 2.00 bits per heavy atom. The molecule has 21 heavy (non-hydrogen) atoms. The molecule has 0 unspecified atom stereocenters. The van der Waals surface area contributed by atoms with Crippen LogP contribution in [0.25, 0.3) is 0 Å². The van der Waals surface area contributed by atoms with Gasteiger partial charge < -0.3 is 10.5 Å². The Morgan fingerprint density at radius 1 is 1.33 bits per heavy atom. The number of hydrogen-bond acceptors (Lipinski definition) is 6. The van der Waals surface area contributed by atoms with Gasteiger partial charge in [0.25, 0.3) is 0 Å². The molecule has 0 aliphatic heterocycles. The van der Waals surface area contributed by atoms with Gasteiger partial charge in [0, 0.05) is 9.92 Å². The standard InChI is InChI=1S/C14H14ClN3O2S/c1-8-12(14(19)20-2)13(16)18-11(17-8)7-21-10-5-3-9(15)4-6-10/h3-6H,7H2,1-2H3,(H2,16,17,18). The van der Waals surface area contributed by atoms with Crippen LogP contribution in [0.4, 0.5) is 5.82 Å². The SMILES string of the molecule is COC(=O)c1c(C)nc(CSc2ccc(Cl)cc2)nc1N. The number of nitrogens with zero attached hydrogens (tertiary/aromatic N) is 2. The number of ether oxygens (including phenoxy) is 1. The number of halogens is 1. The second-order valence-corrected chi connectivity index (χ2v) is 5.70. The lowest BCUT2D eigenvalue weighted by atomic mass is 10.2. The Kier molecular flexibility index (Phi) is 5.03. The van der Waals surface area contributed by atoms with E-state index in [1.165, 1.54) is 7.11 Å². The van der Waals surface area contributed by atoms with E-state index in [9.17, 15) is 4.79 Å². The van der Waals surface area contributed by atoms with Crippen molar-refractivity contribution >= 4 is 35.1 Å². The van der Waals surface area contributed by atoms with E-state index in [1.54, 1.807) is 18.7 Å². The number of carbonyl (C=O) groups is 1. The highest BCUT2D eigenvalue weighted by atomic mass is 35.5. The number of nitrogen functional groups attached to an aromatic ring is 1. The Balaban J connectivity index is 2.14. The summed E-state index contributed by atoms with van der Waals surface area (Å²) in [5.41, 5.74) is 6.54. The number of esters is 1. The first kappa shape index (κ1) is 15.6. The molecule has 0 aliphatic carbocycles. The third-order valence-electron chi connectivity index (χ3n) is 2.74. The molecule has 0 fully saturated rings. The summed E-state index contributed by atoms with van der Waals surface area (Å²) in [6.45, 7) is 1.71. The summed E-state index contributed by atoms with van der Waals surface area (Å²) in [7, 11) is 1.30. The van der Waals surface area contributed by atoms with Gasteiger partial charge in [-0.25, -0.2) is 14.8 Å². The van der Waals surface area contributed by atoms with Gasteiger partial charge in [-0.2, -0.15) is 0 Å². The molecule has 1 aromatic carbocycles. The monoisotopic (exact) mass is 323 g/mol. The number of methoxy groups -OCH3 is 1. The lowest BCUT2D eigenvalue weighted by Crippen LogP contribution is -2.13. The van der Waals surface area contributed by atoms with E-state index in [-0.39, 0.29) is 11.4 Å². The van der Waals surface area contributed by atoms with Gasteiger partial charge in [-0.05, 0) is 31.2 Å². The molecule has 0 radical (unpaired) electrons. The zero-order valence-corrected chi connectivity index (χ0v) is 13.2. The number of aryl methyl sites for hydroxylation is 1. The first-order valence-electron chi connectivity index (χ1n) is 6.11. The fraction of sp³-hybridized carbons (Fsp3) is 0.214. The first-order chi connectivity index (χ1) is 10.0. The summed E-state index contributed by atoms with van der Waals surface area (Å²) < 4.78 is 4.66. The van der Waals surface area contributed by atoms with E-state index in [0.717, 1.165) is 4.90 Å². The van der Waals surface area contributed by atoms with Crippen LogP contribution in [0.2, 0.25) is 5.02 Å². The number of thioether (sulfide) groups is 1. The number of anilines is 1. The van der Waals surface area contributed by atoms with Gasteiger partial charge in [-0.15, -0.1) is 11.8 Å². The molecular formula is C14H14ClN3O2S. The number of benzene rings is 1. The van der Waals surface area contributed by atoms with Crippen LogP contribution < -0.4 is 5.73 Å². The predicted octanol–water partition coefficient (Wildman–Crippen LogP) is 3.10. The van der Waals surface area contributed by atoms with E-state index in [0.29, 0.717) is 22.3 Å². The van der Waals surface area contributed by atoms with Crippen LogP contribution in [0.15, 0.2) is 29.2 Å². The number of hydrogen-bond donors (Lipinski definition) is 1. The Morgan fingerprint density at radius 3 is 2.57 bits per heavy atom. The number of aromatic nitrogens is 2. The summed E-state index contributed by atoms with van der Waals surface area (Å²) in [4.78, 5) is 21.1. The molecule has 1 aromatic heterocycles.